The van der Waals surface area contributed by atoms with Gasteiger partial charge in [0, 0.05) is 28.2 Å². The molecule has 1 aromatic heterocycles. The summed E-state index contributed by atoms with van der Waals surface area (Å²) in [6, 6.07) is 0. The molecule has 1 atom stereocenters. The van der Waals surface area contributed by atoms with Gasteiger partial charge in [0.25, 0.3) is 0 Å². The molecule has 1 unspecified atom stereocenters. The molecule has 1 fully saturated rings. The Kier molecular flexibility index (Phi) is 3.56. The van der Waals surface area contributed by atoms with E-state index < -0.39 is 5.92 Å². The van der Waals surface area contributed by atoms with Gasteiger partial charge in [0.05, 0.1) is 12.5 Å². The zero-order valence-electron chi connectivity index (χ0n) is 12.4. The van der Waals surface area contributed by atoms with Gasteiger partial charge >= 0.3 is 0 Å². The molecule has 8 nitrogen and oxygen atoms in total. The minimum Gasteiger partial charge on any atom is -0.347 e. The van der Waals surface area contributed by atoms with Gasteiger partial charge in [-0.2, -0.15) is 15.0 Å². The number of anilines is 3. The fraction of sp³-hybridized carbons (Fsp3) is 0.583. The Morgan fingerprint density at radius 1 is 1.10 bits per heavy atom. The summed E-state index contributed by atoms with van der Waals surface area (Å²) < 4.78 is 0. The molecule has 1 aromatic rings. The van der Waals surface area contributed by atoms with Crippen LogP contribution in [0.3, 0.4) is 0 Å². The molecule has 2 heterocycles. The highest BCUT2D eigenvalue weighted by Gasteiger charge is 2.35. The van der Waals surface area contributed by atoms with Crippen molar-refractivity contribution >= 4 is 29.5 Å². The summed E-state index contributed by atoms with van der Waals surface area (Å²) in [4.78, 5) is 29.8. The third kappa shape index (κ3) is 2.40. The first-order chi connectivity index (χ1) is 9.31. The second-order valence-corrected chi connectivity index (χ2v) is 5.18. The van der Waals surface area contributed by atoms with Crippen LogP contribution in [0.1, 0.15) is 6.92 Å². The smallest absolute Gasteiger partial charge is 0.237 e. The Bertz CT molecular complexity index is 528. The molecule has 8 heteroatoms. The second kappa shape index (κ2) is 5.03. The Morgan fingerprint density at radius 3 is 1.95 bits per heavy atom. The van der Waals surface area contributed by atoms with Crippen LogP contribution in [-0.4, -0.2) is 61.3 Å². The third-order valence-corrected chi connectivity index (χ3v) is 3.14. The molecule has 0 radical (unpaired) electrons. The number of rotatable bonds is 3. The van der Waals surface area contributed by atoms with E-state index in [1.54, 1.807) is 16.7 Å². The van der Waals surface area contributed by atoms with E-state index in [-0.39, 0.29) is 18.2 Å². The number of amidine groups is 1. The van der Waals surface area contributed by atoms with Crippen LogP contribution in [0.15, 0.2) is 0 Å². The van der Waals surface area contributed by atoms with E-state index in [1.807, 2.05) is 28.2 Å². The number of aromatic nitrogens is 3. The summed E-state index contributed by atoms with van der Waals surface area (Å²) in [5.41, 5.74) is 0. The summed E-state index contributed by atoms with van der Waals surface area (Å²) in [5, 5.41) is 8.01. The first kappa shape index (κ1) is 14.2. The van der Waals surface area contributed by atoms with Crippen molar-refractivity contribution < 1.29 is 4.79 Å². The molecule has 1 N–H and O–H groups in total. The molecular weight excluding hydrogens is 258 g/mol. The normalized spacial score (nSPS) is 18.6. The lowest BCUT2D eigenvalue weighted by Crippen LogP contribution is -2.29. The summed E-state index contributed by atoms with van der Waals surface area (Å²) in [6.45, 7) is 1.87. The van der Waals surface area contributed by atoms with Crippen LogP contribution in [0.25, 0.3) is 0 Å². The molecular formula is C12H19N7O. The summed E-state index contributed by atoms with van der Waals surface area (Å²) in [7, 11) is 7.34. The zero-order valence-corrected chi connectivity index (χ0v) is 12.4. The molecule has 1 aliphatic rings. The quantitative estimate of drug-likeness (QED) is 0.832. The summed E-state index contributed by atoms with van der Waals surface area (Å²) >= 11 is 0. The first-order valence-corrected chi connectivity index (χ1v) is 6.30. The number of carbonyl (C=O) groups is 1. The zero-order chi connectivity index (χ0) is 15.0. The van der Waals surface area contributed by atoms with Gasteiger partial charge in [-0.15, -0.1) is 0 Å². The third-order valence-electron chi connectivity index (χ3n) is 3.14. The monoisotopic (exact) mass is 277 g/mol. The molecule has 0 bridgehead atoms. The van der Waals surface area contributed by atoms with Crippen molar-refractivity contribution in [1.82, 2.24) is 15.0 Å². The Hall–Kier alpha value is -2.25. The molecule has 108 valence electrons. The van der Waals surface area contributed by atoms with Gasteiger partial charge in [-0.05, 0) is 6.92 Å². The van der Waals surface area contributed by atoms with Crippen LogP contribution in [0.5, 0.6) is 0 Å². The van der Waals surface area contributed by atoms with Crippen molar-refractivity contribution in [2.45, 2.75) is 6.92 Å². The lowest BCUT2D eigenvalue weighted by atomic mass is 10.1. The fourth-order valence-electron chi connectivity index (χ4n) is 1.81. The van der Waals surface area contributed by atoms with Gasteiger partial charge in [-0.25, -0.2) is 0 Å². The molecule has 0 aliphatic carbocycles. The van der Waals surface area contributed by atoms with Crippen molar-refractivity contribution in [3.63, 3.8) is 0 Å². The second-order valence-electron chi connectivity index (χ2n) is 5.18. The number of carbonyl (C=O) groups excluding carboxylic acids is 1. The van der Waals surface area contributed by atoms with Crippen LogP contribution in [0, 0.1) is 11.3 Å². The van der Waals surface area contributed by atoms with E-state index in [2.05, 4.69) is 15.0 Å². The van der Waals surface area contributed by atoms with Crippen LogP contribution in [0.4, 0.5) is 17.8 Å². The lowest BCUT2D eigenvalue weighted by molar-refractivity contribution is -0.118. The molecule has 1 aliphatic heterocycles. The standard InChI is InChI=1S/C12H19N7O/c1-7-8(20)6-19(9(7)13)12-15-10(17(2)3)14-11(16-12)18(4)5/h7,13H,6H2,1-5H3. The van der Waals surface area contributed by atoms with Gasteiger partial charge in [-0.1, -0.05) is 0 Å². The molecule has 0 saturated carbocycles. The maximum atomic E-state index is 11.7. The van der Waals surface area contributed by atoms with Crippen LogP contribution in [0.2, 0.25) is 0 Å². The Balaban J connectivity index is 2.46. The van der Waals surface area contributed by atoms with Gasteiger partial charge in [0.15, 0.2) is 5.78 Å². The molecule has 2 rings (SSSR count). The number of hydrogen-bond acceptors (Lipinski definition) is 7. The average molecular weight is 277 g/mol. The molecule has 0 amide bonds. The fourth-order valence-corrected chi connectivity index (χ4v) is 1.81. The maximum Gasteiger partial charge on any atom is 0.237 e. The number of nitrogens with one attached hydrogen (secondary N) is 1. The van der Waals surface area contributed by atoms with Crippen LogP contribution in [-0.2, 0) is 4.79 Å². The highest BCUT2D eigenvalue weighted by molar-refractivity contribution is 6.17. The predicted molar refractivity (Wildman–Crippen MR) is 77.7 cm³/mol. The van der Waals surface area contributed by atoms with E-state index in [4.69, 9.17) is 5.41 Å². The largest absolute Gasteiger partial charge is 0.347 e. The van der Waals surface area contributed by atoms with Crippen molar-refractivity contribution in [3.8, 4) is 0 Å². The lowest BCUT2D eigenvalue weighted by Gasteiger charge is -2.20. The van der Waals surface area contributed by atoms with Gasteiger partial charge in [-0.3, -0.25) is 15.1 Å². The van der Waals surface area contributed by atoms with Crippen LogP contribution < -0.4 is 14.7 Å². The highest BCUT2D eigenvalue weighted by Crippen LogP contribution is 2.22. The van der Waals surface area contributed by atoms with E-state index in [0.29, 0.717) is 17.8 Å². The number of ketones is 1. The summed E-state index contributed by atoms with van der Waals surface area (Å²) in [6.07, 6.45) is 0. The van der Waals surface area contributed by atoms with E-state index in [0.717, 1.165) is 0 Å². The van der Waals surface area contributed by atoms with Gasteiger partial charge < -0.3 is 9.80 Å². The Morgan fingerprint density at radius 2 is 1.60 bits per heavy atom. The SMILES string of the molecule is CC1C(=N)N(c2nc(N(C)C)nc(N(C)C)n2)CC1=O. The average Bonchev–Trinajstić information content (AvgIpc) is 2.66. The first-order valence-electron chi connectivity index (χ1n) is 6.30. The minimum absolute atomic E-state index is 0.00761. The van der Waals surface area contributed by atoms with Gasteiger partial charge in [0.1, 0.15) is 5.84 Å². The number of Topliss-reactive ketones (excluding diaryl/α,β-unsaturated/α-hetero) is 1. The molecule has 1 saturated heterocycles. The number of hydrogen-bond donors (Lipinski definition) is 1. The minimum atomic E-state index is -0.405. The van der Waals surface area contributed by atoms with E-state index in [1.165, 1.54) is 4.90 Å². The predicted octanol–water partition coefficient (Wildman–Crippen LogP) is 0.00607. The van der Waals surface area contributed by atoms with E-state index >= 15 is 0 Å². The van der Waals surface area contributed by atoms with Crippen molar-refractivity contribution in [1.29, 1.82) is 5.41 Å². The highest BCUT2D eigenvalue weighted by atomic mass is 16.1. The van der Waals surface area contributed by atoms with Gasteiger partial charge in [0.2, 0.25) is 17.8 Å². The van der Waals surface area contributed by atoms with Crippen molar-refractivity contribution in [2.75, 3.05) is 49.4 Å². The van der Waals surface area contributed by atoms with Crippen LogP contribution >= 0.6 is 0 Å². The van der Waals surface area contributed by atoms with Crippen molar-refractivity contribution in [3.05, 3.63) is 0 Å². The van der Waals surface area contributed by atoms with E-state index in [9.17, 15) is 4.79 Å². The topological polar surface area (TPSA) is 89.3 Å². The van der Waals surface area contributed by atoms with Crippen molar-refractivity contribution in [2.24, 2.45) is 5.92 Å². The molecule has 0 aromatic carbocycles. The number of nitrogens with zero attached hydrogens (tertiary/aromatic N) is 6. The molecule has 0 spiro atoms. The maximum absolute atomic E-state index is 11.7. The Labute approximate surface area is 117 Å². The summed E-state index contributed by atoms with van der Waals surface area (Å²) in [5.74, 6) is 1.17. The molecule has 20 heavy (non-hydrogen) atoms.